The number of aromatic amines is 1. The Hall–Kier alpha value is -2.32. The van der Waals surface area contributed by atoms with E-state index in [4.69, 9.17) is 5.11 Å². The molecule has 0 aliphatic heterocycles. The van der Waals surface area contributed by atoms with Gasteiger partial charge in [0.25, 0.3) is 0 Å². The van der Waals surface area contributed by atoms with E-state index in [-0.39, 0.29) is 16.3 Å². The summed E-state index contributed by atoms with van der Waals surface area (Å²) in [5.41, 5.74) is 0.382. The van der Waals surface area contributed by atoms with Crippen molar-refractivity contribution in [1.82, 2.24) is 9.71 Å². The lowest BCUT2D eigenvalue weighted by atomic mass is 10.1. The Labute approximate surface area is 121 Å². The summed E-state index contributed by atoms with van der Waals surface area (Å²) in [6.07, 6.45) is 1.11. The Bertz CT molecular complexity index is 766. The Balaban J connectivity index is 2.22. The fraction of sp³-hybridized carbons (Fsp3) is 0.154. The molecule has 21 heavy (non-hydrogen) atoms. The number of sulfonamides is 1. The highest BCUT2D eigenvalue weighted by atomic mass is 32.2. The molecule has 1 unspecified atom stereocenters. The monoisotopic (exact) mass is 310 g/mol. The van der Waals surface area contributed by atoms with Gasteiger partial charge in [-0.05, 0) is 30.7 Å². The first-order valence-corrected chi connectivity index (χ1v) is 7.51. The predicted molar refractivity (Wildman–Crippen MR) is 74.6 cm³/mol. The molecule has 2 rings (SSSR count). The normalized spacial score (nSPS) is 13.0. The molecule has 1 atom stereocenters. The summed E-state index contributed by atoms with van der Waals surface area (Å²) in [5.74, 6) is -1.20. The van der Waals surface area contributed by atoms with Crippen LogP contribution in [0, 0.1) is 0 Å². The van der Waals surface area contributed by atoms with Crippen LogP contribution >= 0.6 is 0 Å². The molecule has 2 aromatic rings. The summed E-state index contributed by atoms with van der Waals surface area (Å²) in [4.78, 5) is 13.0. The number of benzene rings is 1. The summed E-state index contributed by atoms with van der Waals surface area (Å²) < 4.78 is 26.7. The van der Waals surface area contributed by atoms with E-state index in [1.807, 2.05) is 0 Å². The van der Waals surface area contributed by atoms with Gasteiger partial charge in [-0.1, -0.05) is 12.1 Å². The van der Waals surface area contributed by atoms with E-state index in [1.165, 1.54) is 12.1 Å². The molecule has 0 radical (unpaired) electrons. The van der Waals surface area contributed by atoms with Crippen LogP contribution in [-0.2, 0) is 10.0 Å². The number of aromatic nitrogens is 1. The molecule has 1 heterocycles. The molecule has 8 heteroatoms. The van der Waals surface area contributed by atoms with E-state index in [0.29, 0.717) is 5.56 Å². The second-order valence-electron chi connectivity index (χ2n) is 4.49. The van der Waals surface area contributed by atoms with Gasteiger partial charge < -0.3 is 15.2 Å². The lowest BCUT2D eigenvalue weighted by Gasteiger charge is -2.14. The highest BCUT2D eigenvalue weighted by Crippen LogP contribution is 2.20. The van der Waals surface area contributed by atoms with E-state index in [2.05, 4.69) is 9.71 Å². The number of carboxylic acids is 1. The molecule has 112 valence electrons. The maximum absolute atomic E-state index is 12.2. The smallest absolute Gasteiger partial charge is 0.352 e. The van der Waals surface area contributed by atoms with Crippen LogP contribution in [0.2, 0.25) is 0 Å². The average Bonchev–Trinajstić information content (AvgIpc) is 2.88. The zero-order chi connectivity index (χ0) is 15.6. The largest absolute Gasteiger partial charge is 0.508 e. The van der Waals surface area contributed by atoms with E-state index in [0.717, 1.165) is 12.3 Å². The first-order chi connectivity index (χ1) is 9.79. The van der Waals surface area contributed by atoms with Crippen LogP contribution in [0.1, 0.15) is 29.0 Å². The van der Waals surface area contributed by atoms with Crippen LogP contribution in [0.15, 0.2) is 41.4 Å². The highest BCUT2D eigenvalue weighted by molar-refractivity contribution is 7.89. The van der Waals surface area contributed by atoms with Crippen LogP contribution < -0.4 is 4.72 Å². The third-order valence-electron chi connectivity index (χ3n) is 2.90. The van der Waals surface area contributed by atoms with Crippen molar-refractivity contribution in [3.63, 3.8) is 0 Å². The van der Waals surface area contributed by atoms with Gasteiger partial charge in [0.05, 0.1) is 0 Å². The fourth-order valence-electron chi connectivity index (χ4n) is 1.82. The third kappa shape index (κ3) is 3.41. The number of aromatic carboxylic acids is 1. The lowest BCUT2D eigenvalue weighted by Crippen LogP contribution is -2.26. The summed E-state index contributed by atoms with van der Waals surface area (Å²) in [7, 11) is -3.86. The third-order valence-corrected chi connectivity index (χ3v) is 4.42. The van der Waals surface area contributed by atoms with Crippen molar-refractivity contribution in [1.29, 1.82) is 0 Å². The second kappa shape index (κ2) is 5.58. The van der Waals surface area contributed by atoms with Gasteiger partial charge in [0.1, 0.15) is 16.3 Å². The van der Waals surface area contributed by atoms with Gasteiger partial charge in [-0.2, -0.15) is 0 Å². The van der Waals surface area contributed by atoms with Gasteiger partial charge in [0, 0.05) is 12.2 Å². The quantitative estimate of drug-likeness (QED) is 0.666. The van der Waals surface area contributed by atoms with E-state index >= 15 is 0 Å². The number of hydrogen-bond donors (Lipinski definition) is 4. The average molecular weight is 310 g/mol. The zero-order valence-corrected chi connectivity index (χ0v) is 11.9. The van der Waals surface area contributed by atoms with Crippen LogP contribution in [0.25, 0.3) is 0 Å². The molecule has 0 bridgehead atoms. The van der Waals surface area contributed by atoms with Crippen molar-refractivity contribution in [2.75, 3.05) is 0 Å². The first kappa shape index (κ1) is 15.1. The lowest BCUT2D eigenvalue weighted by molar-refractivity contribution is 0.0691. The van der Waals surface area contributed by atoms with Gasteiger partial charge >= 0.3 is 5.97 Å². The maximum atomic E-state index is 12.2. The zero-order valence-electron chi connectivity index (χ0n) is 11.1. The minimum Gasteiger partial charge on any atom is -0.508 e. The van der Waals surface area contributed by atoms with Gasteiger partial charge in [0.2, 0.25) is 10.0 Å². The predicted octanol–water partition coefficient (Wildman–Crippen LogP) is 1.46. The summed E-state index contributed by atoms with van der Waals surface area (Å²) >= 11 is 0. The van der Waals surface area contributed by atoms with E-state index in [9.17, 15) is 18.3 Å². The van der Waals surface area contributed by atoms with Crippen molar-refractivity contribution in [2.45, 2.75) is 17.9 Å². The number of hydrogen-bond acceptors (Lipinski definition) is 4. The number of rotatable bonds is 5. The molecule has 4 N–H and O–H groups in total. The molecule has 0 spiro atoms. The number of carbonyl (C=O) groups is 1. The Morgan fingerprint density at radius 3 is 2.62 bits per heavy atom. The van der Waals surface area contributed by atoms with Crippen LogP contribution in [0.5, 0.6) is 5.75 Å². The minimum absolute atomic E-state index is 0.0355. The molecular weight excluding hydrogens is 296 g/mol. The van der Waals surface area contributed by atoms with Crippen LogP contribution in [0.4, 0.5) is 0 Å². The molecule has 1 aromatic carbocycles. The van der Waals surface area contributed by atoms with Crippen molar-refractivity contribution in [2.24, 2.45) is 0 Å². The topological polar surface area (TPSA) is 119 Å². The fourth-order valence-corrected chi connectivity index (χ4v) is 3.04. The molecule has 0 saturated heterocycles. The maximum Gasteiger partial charge on any atom is 0.352 e. The van der Waals surface area contributed by atoms with Crippen LogP contribution in [0.3, 0.4) is 0 Å². The molecule has 0 fully saturated rings. The van der Waals surface area contributed by atoms with Gasteiger partial charge in [-0.25, -0.2) is 17.9 Å². The molecule has 0 saturated carbocycles. The number of H-pyrrole nitrogens is 1. The number of phenolic OH excluding ortho intramolecular Hbond substituents is 1. The Morgan fingerprint density at radius 1 is 1.33 bits per heavy atom. The number of aromatic hydroxyl groups is 1. The van der Waals surface area contributed by atoms with Crippen LogP contribution in [-0.4, -0.2) is 29.6 Å². The first-order valence-electron chi connectivity index (χ1n) is 6.02. The van der Waals surface area contributed by atoms with Gasteiger partial charge in [-0.3, -0.25) is 0 Å². The molecule has 0 amide bonds. The van der Waals surface area contributed by atoms with Crippen molar-refractivity contribution in [3.05, 3.63) is 47.8 Å². The summed E-state index contributed by atoms with van der Waals surface area (Å²) in [6, 6.07) is 6.68. The summed E-state index contributed by atoms with van der Waals surface area (Å²) in [6.45, 7) is 1.62. The van der Waals surface area contributed by atoms with E-state index < -0.39 is 22.0 Å². The minimum atomic E-state index is -3.86. The Morgan fingerprint density at radius 2 is 2.05 bits per heavy atom. The van der Waals surface area contributed by atoms with Crippen molar-refractivity contribution >= 4 is 16.0 Å². The molecular formula is C13H14N2O5S. The Kier molecular flexibility index (Phi) is 4.01. The molecule has 0 aliphatic carbocycles. The van der Waals surface area contributed by atoms with Gasteiger partial charge in [-0.15, -0.1) is 0 Å². The number of phenols is 1. The standard InChI is InChI=1S/C13H14N2O5S/c1-8(9-3-2-4-10(16)5-9)15-21(19,20)11-6-12(13(17)18)14-7-11/h2-8,14-16H,1H3,(H,17,18). The number of nitrogens with one attached hydrogen (secondary N) is 2. The number of carboxylic acid groups (broad SMARTS) is 1. The highest BCUT2D eigenvalue weighted by Gasteiger charge is 2.21. The molecule has 1 aromatic heterocycles. The van der Waals surface area contributed by atoms with E-state index in [1.54, 1.807) is 19.1 Å². The van der Waals surface area contributed by atoms with Crippen molar-refractivity contribution < 1.29 is 23.4 Å². The molecule has 0 aliphatic rings. The van der Waals surface area contributed by atoms with Crippen molar-refractivity contribution in [3.8, 4) is 5.75 Å². The molecule has 7 nitrogen and oxygen atoms in total. The van der Waals surface area contributed by atoms with Gasteiger partial charge in [0.15, 0.2) is 0 Å². The second-order valence-corrected chi connectivity index (χ2v) is 6.21. The SMILES string of the molecule is CC(NS(=O)(=O)c1c[nH]c(C(=O)O)c1)c1cccc(O)c1. The summed E-state index contributed by atoms with van der Waals surface area (Å²) in [5, 5.41) is 18.2.